The van der Waals surface area contributed by atoms with E-state index in [0.29, 0.717) is 13.2 Å². The van der Waals surface area contributed by atoms with E-state index in [2.05, 4.69) is 10.6 Å². The molecular formula is C12H21F3N2O2. The molecule has 0 radical (unpaired) electrons. The van der Waals surface area contributed by atoms with Crippen molar-refractivity contribution in [3.05, 3.63) is 0 Å². The second kappa shape index (κ2) is 7.09. The highest BCUT2D eigenvalue weighted by atomic mass is 19.4. The third-order valence-electron chi connectivity index (χ3n) is 3.05. The molecule has 7 heteroatoms. The average molecular weight is 282 g/mol. The van der Waals surface area contributed by atoms with Crippen LogP contribution in [-0.2, 0) is 9.53 Å². The van der Waals surface area contributed by atoms with Crippen molar-refractivity contribution in [2.75, 3.05) is 19.7 Å². The van der Waals surface area contributed by atoms with Crippen molar-refractivity contribution in [3.63, 3.8) is 0 Å². The van der Waals surface area contributed by atoms with E-state index in [4.69, 9.17) is 4.74 Å². The molecule has 0 aliphatic carbocycles. The normalized spacial score (nSPS) is 24.5. The number of amides is 1. The molecule has 1 amide bonds. The van der Waals surface area contributed by atoms with Crippen molar-refractivity contribution in [1.82, 2.24) is 10.6 Å². The van der Waals surface area contributed by atoms with Crippen LogP contribution in [0.5, 0.6) is 0 Å². The molecule has 1 heterocycles. The van der Waals surface area contributed by atoms with E-state index in [1.807, 2.05) is 13.8 Å². The van der Waals surface area contributed by atoms with Crippen molar-refractivity contribution >= 4 is 5.91 Å². The molecule has 1 fully saturated rings. The Kier molecular flexibility index (Phi) is 6.06. The highest BCUT2D eigenvalue weighted by Crippen LogP contribution is 2.31. The van der Waals surface area contributed by atoms with Crippen molar-refractivity contribution in [2.45, 2.75) is 45.0 Å². The topological polar surface area (TPSA) is 50.4 Å². The van der Waals surface area contributed by atoms with Gasteiger partial charge in [-0.15, -0.1) is 0 Å². The number of carbonyl (C=O) groups excluding carboxylic acids is 1. The Morgan fingerprint density at radius 1 is 1.42 bits per heavy atom. The van der Waals surface area contributed by atoms with Crippen LogP contribution in [0.2, 0.25) is 0 Å². The molecule has 4 nitrogen and oxygen atoms in total. The fraction of sp³-hybridized carbons (Fsp3) is 0.917. The van der Waals surface area contributed by atoms with E-state index in [-0.39, 0.29) is 31.4 Å². The minimum atomic E-state index is -4.18. The summed E-state index contributed by atoms with van der Waals surface area (Å²) in [4.78, 5) is 11.7. The summed E-state index contributed by atoms with van der Waals surface area (Å²) in [5.74, 6) is -1.60. The van der Waals surface area contributed by atoms with Crippen LogP contribution < -0.4 is 10.6 Å². The van der Waals surface area contributed by atoms with Gasteiger partial charge in [0.05, 0.1) is 24.7 Å². The summed E-state index contributed by atoms with van der Waals surface area (Å²) in [5, 5.41) is 5.31. The quantitative estimate of drug-likeness (QED) is 0.751. The maximum absolute atomic E-state index is 12.4. The molecule has 1 aliphatic rings. The molecule has 0 saturated carbocycles. The lowest BCUT2D eigenvalue weighted by atomic mass is 9.94. The Balaban J connectivity index is 2.22. The summed E-state index contributed by atoms with van der Waals surface area (Å²) >= 11 is 0. The number of hydrogen-bond donors (Lipinski definition) is 2. The van der Waals surface area contributed by atoms with Gasteiger partial charge < -0.3 is 15.4 Å². The van der Waals surface area contributed by atoms with Gasteiger partial charge in [-0.2, -0.15) is 13.2 Å². The number of hydrogen-bond acceptors (Lipinski definition) is 3. The van der Waals surface area contributed by atoms with Crippen LogP contribution in [0.15, 0.2) is 0 Å². The zero-order valence-electron chi connectivity index (χ0n) is 11.2. The zero-order valence-corrected chi connectivity index (χ0v) is 11.2. The van der Waals surface area contributed by atoms with Crippen molar-refractivity contribution < 1.29 is 22.7 Å². The Labute approximate surface area is 111 Å². The Morgan fingerprint density at radius 3 is 2.58 bits per heavy atom. The van der Waals surface area contributed by atoms with Crippen molar-refractivity contribution in [2.24, 2.45) is 5.92 Å². The fourth-order valence-corrected chi connectivity index (χ4v) is 1.95. The maximum Gasteiger partial charge on any atom is 0.393 e. The van der Waals surface area contributed by atoms with Gasteiger partial charge in [0.1, 0.15) is 0 Å². The number of carbonyl (C=O) groups is 1. The lowest BCUT2D eigenvalue weighted by molar-refractivity contribution is -0.180. The molecule has 19 heavy (non-hydrogen) atoms. The first-order valence-electron chi connectivity index (χ1n) is 6.50. The minimum absolute atomic E-state index is 0.00290. The molecule has 0 bridgehead atoms. The van der Waals surface area contributed by atoms with Crippen LogP contribution in [0.25, 0.3) is 0 Å². The Morgan fingerprint density at radius 2 is 2.11 bits per heavy atom. The molecule has 0 spiro atoms. The standard InChI is InChI=1S/C12H21F3N2O2/c1-8(2)19-6-5-16-11(18)10-4-3-9(7-17-10)12(13,14)15/h8-10,17H,3-7H2,1-2H3,(H,16,18). The van der Waals surface area contributed by atoms with Crippen LogP contribution in [-0.4, -0.2) is 43.9 Å². The first kappa shape index (κ1) is 16.2. The summed E-state index contributed by atoms with van der Waals surface area (Å²) < 4.78 is 42.6. The number of alkyl halides is 3. The van der Waals surface area contributed by atoms with Crippen LogP contribution >= 0.6 is 0 Å². The Bertz CT molecular complexity index is 287. The van der Waals surface area contributed by atoms with Gasteiger partial charge in [-0.05, 0) is 26.7 Å². The van der Waals surface area contributed by atoms with Gasteiger partial charge in [0.15, 0.2) is 0 Å². The lowest BCUT2D eigenvalue weighted by Crippen LogP contribution is -2.51. The SMILES string of the molecule is CC(C)OCCNC(=O)C1CCC(C(F)(F)F)CN1. The molecule has 0 aromatic carbocycles. The molecule has 0 aromatic rings. The van der Waals surface area contributed by atoms with E-state index in [9.17, 15) is 18.0 Å². The van der Waals surface area contributed by atoms with Crippen LogP contribution in [0, 0.1) is 5.92 Å². The molecule has 2 atom stereocenters. The van der Waals surface area contributed by atoms with E-state index in [1.54, 1.807) is 0 Å². The summed E-state index contributed by atoms with van der Waals surface area (Å²) in [6, 6.07) is -0.530. The first-order chi connectivity index (χ1) is 8.80. The minimum Gasteiger partial charge on any atom is -0.377 e. The maximum atomic E-state index is 12.4. The highest BCUT2D eigenvalue weighted by molar-refractivity contribution is 5.81. The predicted octanol–water partition coefficient (Wildman–Crippen LogP) is 1.46. The number of halogens is 3. The number of rotatable bonds is 5. The third kappa shape index (κ3) is 5.78. The fourth-order valence-electron chi connectivity index (χ4n) is 1.95. The monoisotopic (exact) mass is 282 g/mol. The highest BCUT2D eigenvalue weighted by Gasteiger charge is 2.42. The number of ether oxygens (including phenoxy) is 1. The van der Waals surface area contributed by atoms with Crippen molar-refractivity contribution in [3.8, 4) is 0 Å². The summed E-state index contributed by atoms with van der Waals surface area (Å²) in [6.07, 6.45) is -3.88. The average Bonchev–Trinajstić information content (AvgIpc) is 2.33. The smallest absolute Gasteiger partial charge is 0.377 e. The zero-order chi connectivity index (χ0) is 14.5. The van der Waals surface area contributed by atoms with Crippen LogP contribution in [0.3, 0.4) is 0 Å². The number of nitrogens with one attached hydrogen (secondary N) is 2. The lowest BCUT2D eigenvalue weighted by Gasteiger charge is -2.30. The summed E-state index contributed by atoms with van der Waals surface area (Å²) in [6.45, 7) is 4.37. The Hall–Kier alpha value is -0.820. The molecule has 1 rings (SSSR count). The van der Waals surface area contributed by atoms with Crippen molar-refractivity contribution in [1.29, 1.82) is 0 Å². The van der Waals surface area contributed by atoms with E-state index in [0.717, 1.165) is 0 Å². The molecule has 1 saturated heterocycles. The van der Waals surface area contributed by atoms with Gasteiger partial charge in [-0.25, -0.2) is 0 Å². The van der Waals surface area contributed by atoms with Gasteiger partial charge >= 0.3 is 6.18 Å². The van der Waals surface area contributed by atoms with E-state index in [1.165, 1.54) is 0 Å². The van der Waals surface area contributed by atoms with Gasteiger partial charge in [0.2, 0.25) is 5.91 Å². The van der Waals surface area contributed by atoms with Gasteiger partial charge in [-0.1, -0.05) is 0 Å². The summed E-state index contributed by atoms with van der Waals surface area (Å²) in [5.41, 5.74) is 0. The first-order valence-corrected chi connectivity index (χ1v) is 6.50. The second-order valence-corrected chi connectivity index (χ2v) is 4.99. The molecule has 2 unspecified atom stereocenters. The molecule has 1 aliphatic heterocycles. The number of piperidine rings is 1. The van der Waals surface area contributed by atoms with Crippen LogP contribution in [0.4, 0.5) is 13.2 Å². The molecule has 112 valence electrons. The molecule has 0 aromatic heterocycles. The van der Waals surface area contributed by atoms with Gasteiger partial charge in [0, 0.05) is 13.1 Å². The van der Waals surface area contributed by atoms with E-state index < -0.39 is 18.1 Å². The van der Waals surface area contributed by atoms with Crippen LogP contribution in [0.1, 0.15) is 26.7 Å². The predicted molar refractivity (Wildman–Crippen MR) is 64.7 cm³/mol. The van der Waals surface area contributed by atoms with E-state index >= 15 is 0 Å². The largest absolute Gasteiger partial charge is 0.393 e. The molecule has 2 N–H and O–H groups in total. The molecular weight excluding hydrogens is 261 g/mol. The van der Waals surface area contributed by atoms with Gasteiger partial charge in [-0.3, -0.25) is 4.79 Å². The van der Waals surface area contributed by atoms with Gasteiger partial charge in [0.25, 0.3) is 0 Å². The third-order valence-corrected chi connectivity index (χ3v) is 3.05. The second-order valence-electron chi connectivity index (χ2n) is 4.99. The summed E-state index contributed by atoms with van der Waals surface area (Å²) in [7, 11) is 0.